The molecular weight excluding hydrogens is 420 g/mol. The molecule has 0 bridgehead atoms. The van der Waals surface area contributed by atoms with Gasteiger partial charge in [0.25, 0.3) is 0 Å². The van der Waals surface area contributed by atoms with Crippen molar-refractivity contribution in [1.82, 2.24) is 0 Å². The number of aldehydes is 1. The molecule has 22 heavy (non-hydrogen) atoms. The first-order chi connectivity index (χ1) is 9.99. The van der Waals surface area contributed by atoms with E-state index in [1.807, 2.05) is 0 Å². The molecule has 0 spiro atoms. The highest BCUT2D eigenvalue weighted by Crippen LogP contribution is 2.30. The van der Waals surface area contributed by atoms with E-state index in [0.29, 0.717) is 23.0 Å². The molecule has 2 N–H and O–H groups in total. The molecule has 0 radical (unpaired) electrons. The minimum absolute atomic E-state index is 0.127. The van der Waals surface area contributed by atoms with E-state index < -0.39 is 20.6 Å². The van der Waals surface area contributed by atoms with Crippen LogP contribution in [0.3, 0.4) is 0 Å². The Morgan fingerprint density at radius 1 is 1.05 bits per heavy atom. The average Bonchev–Trinajstić information content (AvgIpc) is 2.39. The molecule has 2 unspecified atom stereocenters. The van der Waals surface area contributed by atoms with Crippen molar-refractivity contribution in [1.29, 1.82) is 0 Å². The van der Waals surface area contributed by atoms with Gasteiger partial charge < -0.3 is 10.2 Å². The van der Waals surface area contributed by atoms with Crippen LogP contribution in [0.4, 0.5) is 0 Å². The van der Waals surface area contributed by atoms with E-state index in [0.717, 1.165) is 0 Å². The van der Waals surface area contributed by atoms with Crippen molar-refractivity contribution < 1.29 is 24.6 Å². The van der Waals surface area contributed by atoms with Crippen LogP contribution in [0.1, 0.15) is 35.3 Å². The van der Waals surface area contributed by atoms with Gasteiger partial charge in [-0.25, -0.2) is 0 Å². The van der Waals surface area contributed by atoms with Crippen LogP contribution >= 0.6 is 31.9 Å². The first-order valence-corrected chi connectivity index (χ1v) is 8.00. The second-order valence-corrected chi connectivity index (χ2v) is 9.01. The lowest BCUT2D eigenvalue weighted by molar-refractivity contribution is -0.140. The number of alkyl halides is 2. The van der Waals surface area contributed by atoms with Crippen molar-refractivity contribution in [2.75, 3.05) is 0 Å². The zero-order valence-corrected chi connectivity index (χ0v) is 15.3. The van der Waals surface area contributed by atoms with Crippen molar-refractivity contribution in [2.24, 2.45) is 0 Å². The number of carbonyl (C=O) groups excluding carboxylic acids is 1. The molecule has 0 aliphatic heterocycles. The summed E-state index contributed by atoms with van der Waals surface area (Å²) < 4.78 is -2.37. The van der Waals surface area contributed by atoms with Gasteiger partial charge in [0.05, 0.1) is 0 Å². The van der Waals surface area contributed by atoms with Crippen LogP contribution in [0.2, 0.25) is 0 Å². The molecule has 120 valence electrons. The van der Waals surface area contributed by atoms with Gasteiger partial charge in [0.15, 0.2) is 0 Å². The summed E-state index contributed by atoms with van der Waals surface area (Å²) in [5, 5.41) is 18.4. The Bertz CT molecular complexity index is 608. The highest BCUT2D eigenvalue weighted by atomic mass is 79.9. The third-order valence-electron chi connectivity index (χ3n) is 3.30. The van der Waals surface area contributed by atoms with Crippen molar-refractivity contribution in [2.45, 2.75) is 35.3 Å². The monoisotopic (exact) mass is 434 g/mol. The van der Waals surface area contributed by atoms with E-state index in [9.17, 15) is 24.6 Å². The van der Waals surface area contributed by atoms with Gasteiger partial charge in [-0.05, 0) is 43.9 Å². The number of carbonyl (C=O) groups is 3. The lowest BCUT2D eigenvalue weighted by Gasteiger charge is -2.23. The second kappa shape index (κ2) is 6.91. The standard InChI is InChI=1S/C15H16Br2O5/c1-14(16,12(19)20)6-10-4-3-9(8-18)5-11(10)7-15(2,17)13(21)22/h3-5,8H,6-7H2,1-2H3,(H,19,20)(H,21,22). The smallest absolute Gasteiger partial charge is 0.320 e. The van der Waals surface area contributed by atoms with Gasteiger partial charge in [0, 0.05) is 5.56 Å². The fourth-order valence-corrected chi connectivity index (χ4v) is 2.53. The van der Waals surface area contributed by atoms with E-state index >= 15 is 0 Å². The molecule has 0 heterocycles. The minimum Gasteiger partial charge on any atom is -0.480 e. The topological polar surface area (TPSA) is 91.7 Å². The van der Waals surface area contributed by atoms with E-state index in [2.05, 4.69) is 31.9 Å². The molecule has 0 amide bonds. The summed E-state index contributed by atoms with van der Waals surface area (Å²) in [5.41, 5.74) is 1.72. The molecule has 1 aromatic rings. The second-order valence-electron chi connectivity index (χ2n) is 5.50. The van der Waals surface area contributed by atoms with Crippen LogP contribution in [-0.2, 0) is 22.4 Å². The van der Waals surface area contributed by atoms with Gasteiger partial charge >= 0.3 is 11.9 Å². The summed E-state index contributed by atoms with van der Waals surface area (Å²) in [4.78, 5) is 33.4. The highest BCUT2D eigenvalue weighted by Gasteiger charge is 2.34. The largest absolute Gasteiger partial charge is 0.480 e. The zero-order chi connectivity index (χ0) is 17.1. The summed E-state index contributed by atoms with van der Waals surface area (Å²) in [6, 6.07) is 4.84. The SMILES string of the molecule is CC(Br)(Cc1ccc(C=O)cc1CC(C)(Br)C(=O)O)C(=O)O. The number of halogens is 2. The normalized spacial score (nSPS) is 16.4. The van der Waals surface area contributed by atoms with Crippen LogP contribution < -0.4 is 0 Å². The number of aliphatic carboxylic acids is 2. The Morgan fingerprint density at radius 3 is 1.91 bits per heavy atom. The Balaban J connectivity index is 3.26. The zero-order valence-electron chi connectivity index (χ0n) is 12.1. The fraction of sp³-hybridized carbons (Fsp3) is 0.400. The first kappa shape index (κ1) is 18.8. The van der Waals surface area contributed by atoms with E-state index in [1.54, 1.807) is 18.2 Å². The Morgan fingerprint density at radius 2 is 1.50 bits per heavy atom. The molecular formula is C15H16Br2O5. The van der Waals surface area contributed by atoms with Crippen LogP contribution in [0, 0.1) is 0 Å². The van der Waals surface area contributed by atoms with Crippen LogP contribution in [0.5, 0.6) is 0 Å². The number of benzene rings is 1. The summed E-state index contributed by atoms with van der Waals surface area (Å²) in [5.74, 6) is -2.05. The predicted molar refractivity (Wildman–Crippen MR) is 89.2 cm³/mol. The number of carboxylic acid groups (broad SMARTS) is 2. The molecule has 7 heteroatoms. The lowest BCUT2D eigenvalue weighted by Crippen LogP contribution is -2.33. The molecule has 0 saturated carbocycles. The number of hydrogen-bond donors (Lipinski definition) is 2. The van der Waals surface area contributed by atoms with Crippen molar-refractivity contribution in [3.63, 3.8) is 0 Å². The van der Waals surface area contributed by atoms with Gasteiger partial charge in [0.1, 0.15) is 14.9 Å². The van der Waals surface area contributed by atoms with E-state index in [4.69, 9.17) is 0 Å². The third-order valence-corrected chi connectivity index (χ3v) is 4.54. The summed E-state index contributed by atoms with van der Waals surface area (Å²) in [6.45, 7) is 3.04. The van der Waals surface area contributed by atoms with Crippen LogP contribution in [0.25, 0.3) is 0 Å². The van der Waals surface area contributed by atoms with Gasteiger partial charge in [-0.15, -0.1) is 0 Å². The minimum atomic E-state index is -1.20. The Labute approximate surface area is 145 Å². The molecule has 2 atom stereocenters. The maximum Gasteiger partial charge on any atom is 0.320 e. The molecule has 1 aromatic carbocycles. The third kappa shape index (κ3) is 4.64. The molecule has 0 saturated heterocycles. The number of rotatable bonds is 7. The van der Waals surface area contributed by atoms with Gasteiger partial charge in [-0.3, -0.25) is 14.4 Å². The van der Waals surface area contributed by atoms with Crippen molar-refractivity contribution in [3.8, 4) is 0 Å². The molecule has 5 nitrogen and oxygen atoms in total. The molecule has 0 aromatic heterocycles. The highest BCUT2D eigenvalue weighted by molar-refractivity contribution is 9.10. The maximum atomic E-state index is 11.3. The molecule has 0 fully saturated rings. The number of carboxylic acids is 2. The van der Waals surface area contributed by atoms with Gasteiger partial charge in [-0.2, -0.15) is 0 Å². The Kier molecular flexibility index (Phi) is 5.92. The molecule has 0 aliphatic carbocycles. The molecule has 0 aliphatic rings. The maximum absolute atomic E-state index is 11.3. The fourth-order valence-electron chi connectivity index (χ4n) is 1.92. The van der Waals surface area contributed by atoms with Gasteiger partial charge in [0.2, 0.25) is 0 Å². The van der Waals surface area contributed by atoms with Crippen molar-refractivity contribution >= 4 is 50.1 Å². The van der Waals surface area contributed by atoms with Crippen LogP contribution in [-0.4, -0.2) is 37.1 Å². The molecule has 1 rings (SSSR count). The van der Waals surface area contributed by atoms with Crippen molar-refractivity contribution in [3.05, 3.63) is 34.9 Å². The van der Waals surface area contributed by atoms with Gasteiger partial charge in [-0.1, -0.05) is 44.0 Å². The average molecular weight is 436 g/mol. The van der Waals surface area contributed by atoms with E-state index in [1.165, 1.54) is 13.8 Å². The lowest BCUT2D eigenvalue weighted by atomic mass is 9.90. The van der Waals surface area contributed by atoms with Crippen LogP contribution in [0.15, 0.2) is 18.2 Å². The summed E-state index contributed by atoms with van der Waals surface area (Å²) >= 11 is 6.32. The number of hydrogen-bond acceptors (Lipinski definition) is 3. The summed E-state index contributed by atoms with van der Waals surface area (Å²) in [6.07, 6.45) is 0.964. The van der Waals surface area contributed by atoms with E-state index in [-0.39, 0.29) is 12.8 Å². The predicted octanol–water partition coefficient (Wildman–Crippen LogP) is 3.06. The first-order valence-electron chi connectivity index (χ1n) is 6.41. The quantitative estimate of drug-likeness (QED) is 0.507. The summed E-state index contributed by atoms with van der Waals surface area (Å²) in [7, 11) is 0. The Hall–Kier alpha value is -1.21.